The van der Waals surface area contributed by atoms with E-state index in [0.29, 0.717) is 24.8 Å². The summed E-state index contributed by atoms with van der Waals surface area (Å²) in [6, 6.07) is 0. The van der Waals surface area contributed by atoms with E-state index in [1.165, 1.54) is 30.6 Å². The molecule has 0 aromatic carbocycles. The molecule has 0 saturated carbocycles. The van der Waals surface area contributed by atoms with Crippen LogP contribution in [0.2, 0.25) is 0 Å². The maximum Gasteiger partial charge on any atom is 0.229 e. The Bertz CT molecular complexity index is 336. The van der Waals surface area contributed by atoms with E-state index in [1.54, 1.807) is 0 Å². The molecule has 0 aromatic rings. The lowest BCUT2D eigenvalue weighted by Gasteiger charge is -2.41. The molecule has 0 aliphatic carbocycles. The maximum atomic E-state index is 11.6. The van der Waals surface area contributed by atoms with Crippen molar-refractivity contribution in [3.05, 3.63) is 0 Å². The van der Waals surface area contributed by atoms with Gasteiger partial charge in [-0.2, -0.15) is 0 Å². The predicted molar refractivity (Wildman–Crippen MR) is 74.6 cm³/mol. The minimum absolute atomic E-state index is 0.0123. The fraction of sp³-hybridized carbons (Fsp3) is 0.867. The first kappa shape index (κ1) is 14.5. The standard InChI is InChI=1S/C15H26N2O2/c1-3-7-15(2)8-4-9-16(12-15)10-11-17-13(18)5-6-14(17)19/h3-12H2,1-2H3. The Morgan fingerprint density at radius 1 is 1.16 bits per heavy atom. The van der Waals surface area contributed by atoms with Crippen LogP contribution in [0.1, 0.15) is 52.4 Å². The van der Waals surface area contributed by atoms with Crippen LogP contribution < -0.4 is 0 Å². The SMILES string of the molecule is CCCC1(C)CCCN(CCN2C(=O)CCC2=O)C1. The second-order valence-electron chi connectivity index (χ2n) is 6.38. The number of carbonyl (C=O) groups is 2. The Balaban J connectivity index is 1.82. The molecule has 2 rings (SSSR count). The van der Waals surface area contributed by atoms with Gasteiger partial charge in [0, 0.05) is 32.5 Å². The summed E-state index contributed by atoms with van der Waals surface area (Å²) in [5.41, 5.74) is 0.423. The Kier molecular flexibility index (Phi) is 4.61. The van der Waals surface area contributed by atoms with Crippen molar-refractivity contribution in [2.24, 2.45) is 5.41 Å². The van der Waals surface area contributed by atoms with Crippen LogP contribution in [0.15, 0.2) is 0 Å². The highest BCUT2D eigenvalue weighted by atomic mass is 16.2. The van der Waals surface area contributed by atoms with E-state index < -0.39 is 0 Å². The van der Waals surface area contributed by atoms with Crippen LogP contribution in [-0.4, -0.2) is 47.8 Å². The zero-order valence-corrected chi connectivity index (χ0v) is 12.3. The van der Waals surface area contributed by atoms with E-state index >= 15 is 0 Å². The molecule has 1 unspecified atom stereocenters. The molecule has 4 nitrogen and oxygen atoms in total. The van der Waals surface area contributed by atoms with Gasteiger partial charge >= 0.3 is 0 Å². The van der Waals surface area contributed by atoms with Gasteiger partial charge in [-0.1, -0.05) is 20.3 Å². The summed E-state index contributed by atoms with van der Waals surface area (Å²) in [5, 5.41) is 0. The van der Waals surface area contributed by atoms with Crippen molar-refractivity contribution >= 4 is 11.8 Å². The molecule has 0 aromatic heterocycles. The molecule has 2 fully saturated rings. The molecule has 1 atom stereocenters. The van der Waals surface area contributed by atoms with E-state index in [9.17, 15) is 9.59 Å². The quantitative estimate of drug-likeness (QED) is 0.715. The number of piperidine rings is 1. The summed E-state index contributed by atoms with van der Waals surface area (Å²) in [5.74, 6) is 0.0247. The van der Waals surface area contributed by atoms with Gasteiger partial charge in [0.2, 0.25) is 11.8 Å². The summed E-state index contributed by atoms with van der Waals surface area (Å²) in [7, 11) is 0. The first-order valence-corrected chi connectivity index (χ1v) is 7.60. The summed E-state index contributed by atoms with van der Waals surface area (Å²) in [6.45, 7) is 8.25. The lowest BCUT2D eigenvalue weighted by molar-refractivity contribution is -0.138. The number of rotatable bonds is 5. The number of likely N-dealkylation sites (tertiary alicyclic amines) is 2. The largest absolute Gasteiger partial charge is 0.301 e. The molecule has 0 N–H and O–H groups in total. The van der Waals surface area contributed by atoms with Crippen LogP contribution in [-0.2, 0) is 9.59 Å². The number of imide groups is 1. The highest BCUT2D eigenvalue weighted by Gasteiger charge is 2.32. The van der Waals surface area contributed by atoms with Crippen molar-refractivity contribution in [2.45, 2.75) is 52.4 Å². The minimum atomic E-state index is 0.0123. The number of hydrogen-bond donors (Lipinski definition) is 0. The van der Waals surface area contributed by atoms with Crippen molar-refractivity contribution in [3.63, 3.8) is 0 Å². The smallest absolute Gasteiger partial charge is 0.229 e. The molecule has 2 aliphatic heterocycles. The van der Waals surface area contributed by atoms with Gasteiger partial charge in [0.15, 0.2) is 0 Å². The third kappa shape index (κ3) is 3.56. The van der Waals surface area contributed by atoms with Crippen LogP contribution in [0.5, 0.6) is 0 Å². The van der Waals surface area contributed by atoms with Crippen molar-refractivity contribution in [1.29, 1.82) is 0 Å². The van der Waals surface area contributed by atoms with E-state index in [4.69, 9.17) is 0 Å². The lowest BCUT2D eigenvalue weighted by Crippen LogP contribution is -2.45. The first-order chi connectivity index (χ1) is 9.04. The first-order valence-electron chi connectivity index (χ1n) is 7.60. The molecule has 19 heavy (non-hydrogen) atoms. The molecule has 2 aliphatic rings. The Morgan fingerprint density at radius 3 is 2.47 bits per heavy atom. The summed E-state index contributed by atoms with van der Waals surface area (Å²) in [4.78, 5) is 27.0. The predicted octanol–water partition coefficient (Wildman–Crippen LogP) is 2.04. The number of carbonyl (C=O) groups excluding carboxylic acids is 2. The lowest BCUT2D eigenvalue weighted by atomic mass is 9.78. The van der Waals surface area contributed by atoms with E-state index in [-0.39, 0.29) is 11.8 Å². The molecule has 2 amide bonds. The van der Waals surface area contributed by atoms with Crippen LogP contribution in [0.25, 0.3) is 0 Å². The fourth-order valence-corrected chi connectivity index (χ4v) is 3.54. The van der Waals surface area contributed by atoms with Crippen LogP contribution >= 0.6 is 0 Å². The summed E-state index contributed by atoms with van der Waals surface area (Å²) < 4.78 is 0. The Morgan fingerprint density at radius 2 is 1.84 bits per heavy atom. The average Bonchev–Trinajstić information content (AvgIpc) is 2.67. The zero-order chi connectivity index (χ0) is 13.9. The summed E-state index contributed by atoms with van der Waals surface area (Å²) in [6.07, 6.45) is 5.86. The normalized spacial score (nSPS) is 29.3. The number of nitrogens with zero attached hydrogens (tertiary/aromatic N) is 2. The summed E-state index contributed by atoms with van der Waals surface area (Å²) >= 11 is 0. The fourth-order valence-electron chi connectivity index (χ4n) is 3.54. The molecule has 0 radical (unpaired) electrons. The second kappa shape index (κ2) is 6.04. The average molecular weight is 266 g/mol. The van der Waals surface area contributed by atoms with E-state index in [2.05, 4.69) is 18.7 Å². The van der Waals surface area contributed by atoms with Gasteiger partial charge in [-0.3, -0.25) is 14.5 Å². The third-order valence-corrected chi connectivity index (χ3v) is 4.51. The Labute approximate surface area is 116 Å². The van der Waals surface area contributed by atoms with Crippen LogP contribution in [0.4, 0.5) is 0 Å². The highest BCUT2D eigenvalue weighted by molar-refractivity contribution is 6.01. The number of hydrogen-bond acceptors (Lipinski definition) is 3. The van der Waals surface area contributed by atoms with Gasteiger partial charge in [-0.05, 0) is 31.2 Å². The number of amides is 2. The molecule has 4 heteroatoms. The molecular weight excluding hydrogens is 240 g/mol. The topological polar surface area (TPSA) is 40.6 Å². The molecule has 0 bridgehead atoms. The monoisotopic (exact) mass is 266 g/mol. The highest BCUT2D eigenvalue weighted by Crippen LogP contribution is 2.33. The van der Waals surface area contributed by atoms with Crippen molar-refractivity contribution in [1.82, 2.24) is 9.80 Å². The minimum Gasteiger partial charge on any atom is -0.301 e. The Hall–Kier alpha value is -0.900. The van der Waals surface area contributed by atoms with Crippen molar-refractivity contribution in [2.75, 3.05) is 26.2 Å². The third-order valence-electron chi connectivity index (χ3n) is 4.51. The van der Waals surface area contributed by atoms with Gasteiger partial charge in [0.05, 0.1) is 0 Å². The van der Waals surface area contributed by atoms with Crippen LogP contribution in [0, 0.1) is 5.41 Å². The molecule has 108 valence electrons. The van der Waals surface area contributed by atoms with Gasteiger partial charge in [-0.15, -0.1) is 0 Å². The van der Waals surface area contributed by atoms with E-state index in [0.717, 1.165) is 19.6 Å². The maximum absolute atomic E-state index is 11.6. The van der Waals surface area contributed by atoms with Crippen LogP contribution in [0.3, 0.4) is 0 Å². The molecular formula is C15H26N2O2. The molecule has 0 spiro atoms. The van der Waals surface area contributed by atoms with Crippen molar-refractivity contribution < 1.29 is 9.59 Å². The second-order valence-corrected chi connectivity index (χ2v) is 6.38. The molecule has 2 saturated heterocycles. The van der Waals surface area contributed by atoms with Crippen molar-refractivity contribution in [3.8, 4) is 0 Å². The van der Waals surface area contributed by atoms with Gasteiger partial charge in [0.1, 0.15) is 0 Å². The molecule has 2 heterocycles. The van der Waals surface area contributed by atoms with Gasteiger partial charge in [-0.25, -0.2) is 0 Å². The van der Waals surface area contributed by atoms with Gasteiger partial charge in [0.25, 0.3) is 0 Å². The zero-order valence-electron chi connectivity index (χ0n) is 12.3. The van der Waals surface area contributed by atoms with Gasteiger partial charge < -0.3 is 4.90 Å². The van der Waals surface area contributed by atoms with E-state index in [1.807, 2.05) is 0 Å².